The third kappa shape index (κ3) is 37.2. The average molecular weight is 1730 g/mol. The number of alkyl carbamates (subject to hydrolysis) is 2. The molecular weight excluding hydrogens is 1570 g/mol. The zero-order chi connectivity index (χ0) is 91.4. The first-order valence-corrected chi connectivity index (χ1v) is 48.7. The van der Waals surface area contributed by atoms with E-state index in [1.807, 2.05) is 116 Å². The number of ketones is 2. The Bertz CT molecular complexity index is 3590. The average Bonchev–Trinajstić information content (AvgIpc) is 1.75. The summed E-state index contributed by atoms with van der Waals surface area (Å²) in [5.74, 6) is -9.02. The summed E-state index contributed by atoms with van der Waals surface area (Å²) in [7, 11) is -4.73. The third-order valence-corrected chi connectivity index (χ3v) is 31.4. The van der Waals surface area contributed by atoms with Crippen molar-refractivity contribution < 1.29 is 100 Å². The summed E-state index contributed by atoms with van der Waals surface area (Å²) >= 11 is 0. The molecule has 2 saturated heterocycles. The van der Waals surface area contributed by atoms with Crippen molar-refractivity contribution in [3.8, 4) is 0 Å². The molecule has 0 aromatic heterocycles. The number of benzene rings is 2. The second-order valence-corrected chi connectivity index (χ2v) is 48.3. The molecule has 29 heteroatoms. The molecule has 27 nitrogen and oxygen atoms in total. The van der Waals surface area contributed by atoms with Gasteiger partial charge in [0.15, 0.2) is 34.3 Å². The number of ether oxygens (including phenoxy) is 5. The number of nitrogens with one attached hydrogen (secondary N) is 4. The molecule has 0 radical (unpaired) electrons. The van der Waals surface area contributed by atoms with E-state index in [0.29, 0.717) is 51.6 Å². The molecule has 2 aromatic carbocycles. The van der Waals surface area contributed by atoms with Crippen LogP contribution in [0.25, 0.3) is 0 Å². The lowest BCUT2D eigenvalue weighted by molar-refractivity contribution is -0.162. The summed E-state index contributed by atoms with van der Waals surface area (Å²) in [6, 6.07) is 14.2. The first kappa shape index (κ1) is 110. The van der Waals surface area contributed by atoms with Crippen molar-refractivity contribution in [3.63, 3.8) is 0 Å². The van der Waals surface area contributed by atoms with E-state index in [9.17, 15) is 67.7 Å². The van der Waals surface area contributed by atoms with Crippen molar-refractivity contribution in [2.24, 2.45) is 47.3 Å². The van der Waals surface area contributed by atoms with Crippen molar-refractivity contribution in [2.45, 2.75) is 373 Å². The number of carbonyl (C=O) groups is 12. The second kappa shape index (κ2) is 49.6. The van der Waals surface area contributed by atoms with Gasteiger partial charge in [-0.3, -0.25) is 38.4 Å². The van der Waals surface area contributed by atoms with Crippen molar-refractivity contribution in [1.82, 2.24) is 31.1 Å². The van der Waals surface area contributed by atoms with E-state index in [-0.39, 0.29) is 85.5 Å². The van der Waals surface area contributed by atoms with E-state index in [1.165, 1.54) is 23.6 Å². The SMILES string of the molecule is C.CC(C)C[C@H](NC(=O)C(C)C(=O)[C@@H](O)C(C)C)C(=O)N1CCC[C@H]1C(=O)OCc1ccccc1.CC[C@H](C)[C@@H](NC(=O)OC(C)(C)C)[C@H](CC(=O)O)O[Si](C)(C)C(C)(C)C.CC[C@H](C)[C@@H](NC(=O)OC(C)(C)C)[C@H](CC(=O)O[C@H](C(=O)C(C)C(=O)N[C@@H](CC(C)C)C(=O)N1CCC[C@H]1C(=O)OCc1ccccc1)C(C)C)O[Si](C)(C)C(C)(C)C. The molecule has 0 saturated carbocycles. The number of aliphatic hydroxyl groups is 1. The van der Waals surface area contributed by atoms with Gasteiger partial charge in [0.1, 0.15) is 54.7 Å². The van der Waals surface area contributed by atoms with Gasteiger partial charge < -0.3 is 73.8 Å². The fourth-order valence-electron chi connectivity index (χ4n) is 12.9. The van der Waals surface area contributed by atoms with E-state index in [0.717, 1.165) is 17.5 Å². The van der Waals surface area contributed by atoms with E-state index >= 15 is 0 Å². The molecule has 0 bridgehead atoms. The summed E-state index contributed by atoms with van der Waals surface area (Å²) in [5, 5.41) is 30.5. The molecule has 2 aliphatic heterocycles. The van der Waals surface area contributed by atoms with Gasteiger partial charge in [0.25, 0.3) is 0 Å². The van der Waals surface area contributed by atoms with Crippen LogP contribution in [0.5, 0.6) is 0 Å². The highest BCUT2D eigenvalue weighted by atomic mass is 28.4. The topological polar surface area (TPSA) is 365 Å². The molecule has 6 amide bonds. The molecular formula is C91H156N6O21Si2. The minimum Gasteiger partial charge on any atom is -0.481 e. The normalized spacial score (nSPS) is 17.7. The Morgan fingerprint density at radius 1 is 0.492 bits per heavy atom. The molecule has 2 fully saturated rings. The lowest BCUT2D eigenvalue weighted by atomic mass is 9.92. The molecule has 4 rings (SSSR count). The molecule has 0 aliphatic carbocycles. The Morgan fingerprint density at radius 3 is 1.13 bits per heavy atom. The number of hydrogen-bond donors (Lipinski definition) is 6. The third-order valence-electron chi connectivity index (χ3n) is 22.3. The Morgan fingerprint density at radius 2 is 0.833 bits per heavy atom. The van der Waals surface area contributed by atoms with Gasteiger partial charge in [-0.1, -0.05) is 206 Å². The first-order chi connectivity index (χ1) is 54.7. The minimum absolute atomic E-state index is 0. The molecule has 2 aliphatic rings. The zero-order valence-corrected chi connectivity index (χ0v) is 79.6. The maximum Gasteiger partial charge on any atom is 0.407 e. The fraction of sp³-hybridized carbons (Fsp3) is 0.736. The Balaban J connectivity index is 0.000000994. The number of Topliss-reactive ketones (excluding diaryl/α,β-unsaturated/α-hetero) is 2. The monoisotopic (exact) mass is 1730 g/mol. The van der Waals surface area contributed by atoms with Crippen LogP contribution < -0.4 is 21.3 Å². The van der Waals surface area contributed by atoms with E-state index < -0.39 is 172 Å². The van der Waals surface area contributed by atoms with Crippen LogP contribution in [0.4, 0.5) is 9.59 Å². The summed E-state index contributed by atoms with van der Waals surface area (Å²) in [6.45, 7) is 57.9. The Hall–Kier alpha value is -7.61. The highest BCUT2D eigenvalue weighted by Crippen LogP contribution is 2.41. The van der Waals surface area contributed by atoms with Crippen molar-refractivity contribution >= 4 is 87.9 Å². The molecule has 684 valence electrons. The number of carboxylic acid groups (broad SMARTS) is 1. The van der Waals surface area contributed by atoms with Gasteiger partial charge in [0.05, 0.1) is 49.0 Å². The highest BCUT2D eigenvalue weighted by molar-refractivity contribution is 6.74. The van der Waals surface area contributed by atoms with Gasteiger partial charge in [-0.25, -0.2) is 19.2 Å². The standard InChI is InChI=1S/C45H75N3O10Si.C26H38N2O6.C19H39NO5Si.CH4/c1-16-30(6)37(47-43(54)57-44(8,9)10)35(58-59(14,15)45(11,12)13)26-36(49)56-39(29(4)5)38(50)31(7)40(51)46-33(25-28(2)3)41(52)48-24-20-23-34(48)42(53)55-27-32-21-18-17-19-22-32;1-16(2)14-20(27-24(31)18(5)23(30)22(29)17(3)4)25(32)28-13-9-12-21(28)26(33)34-15-19-10-7-6-8-11-19;1-11-13(2)16(20-17(23)24-18(3,4)5)14(12-15(21)22)25-26(9,10)19(6,7)8;/h17-19,21-22,28-31,33-35,37,39H,16,20,23-27H2,1-15H3,(H,46,51)(H,47,54);6-8,10-11,16-18,20-22,29H,9,12-15H2,1-5H3,(H,27,31);13-14,16H,11-12H2,1-10H3,(H,20,23)(H,21,22);1H4/t30-,31?,33-,34-,35-,37+,39-;18?,20-,21-,22-;13-,14-,16+;/m000./s1. The summed E-state index contributed by atoms with van der Waals surface area (Å²) in [5.41, 5.74) is 0.323. The first-order valence-electron chi connectivity index (χ1n) is 42.9. The maximum atomic E-state index is 14.0. The zero-order valence-electron chi connectivity index (χ0n) is 77.6. The molecule has 14 atom stereocenters. The van der Waals surface area contributed by atoms with Crippen molar-refractivity contribution in [2.75, 3.05) is 13.1 Å². The molecule has 6 N–H and O–H groups in total. The Labute approximate surface area is 720 Å². The number of rotatable bonds is 39. The molecule has 2 heterocycles. The fourth-order valence-corrected chi connectivity index (χ4v) is 15.6. The largest absolute Gasteiger partial charge is 0.481 e. The lowest BCUT2D eigenvalue weighted by Crippen LogP contribution is -2.55. The van der Waals surface area contributed by atoms with Gasteiger partial charge in [-0.2, -0.15) is 0 Å². The van der Waals surface area contributed by atoms with Gasteiger partial charge in [-0.15, -0.1) is 0 Å². The van der Waals surface area contributed by atoms with Crippen LogP contribution in [0.3, 0.4) is 0 Å². The second-order valence-electron chi connectivity index (χ2n) is 38.8. The van der Waals surface area contributed by atoms with Gasteiger partial charge in [0, 0.05) is 13.1 Å². The summed E-state index contributed by atoms with van der Waals surface area (Å²) < 4.78 is 41.2. The van der Waals surface area contributed by atoms with Crippen molar-refractivity contribution in [1.29, 1.82) is 0 Å². The van der Waals surface area contributed by atoms with Crippen LogP contribution in [0.1, 0.15) is 263 Å². The van der Waals surface area contributed by atoms with Gasteiger partial charge in [-0.05, 0) is 177 Å². The number of likely N-dealkylation sites (tertiary alicyclic amines) is 2. The number of aliphatic hydroxyl groups excluding tert-OH is 1. The van der Waals surface area contributed by atoms with Gasteiger partial charge >= 0.3 is 36.1 Å². The van der Waals surface area contributed by atoms with Crippen LogP contribution in [-0.2, 0) is 93.7 Å². The van der Waals surface area contributed by atoms with Crippen LogP contribution in [0.2, 0.25) is 36.3 Å². The molecule has 0 spiro atoms. The predicted molar refractivity (Wildman–Crippen MR) is 472 cm³/mol. The number of carbonyl (C=O) groups excluding carboxylic acids is 11. The predicted octanol–water partition coefficient (Wildman–Crippen LogP) is 15.6. The number of hydrogen-bond acceptors (Lipinski definition) is 20. The Kier molecular flexibility index (Phi) is 45.7. The molecule has 2 unspecified atom stereocenters. The summed E-state index contributed by atoms with van der Waals surface area (Å²) in [4.78, 5) is 160. The quantitative estimate of drug-likeness (QED) is 0.0157. The molecule has 120 heavy (non-hydrogen) atoms. The molecule has 2 aromatic rings. The van der Waals surface area contributed by atoms with Crippen molar-refractivity contribution in [3.05, 3.63) is 71.8 Å². The lowest BCUT2D eigenvalue weighted by Gasteiger charge is -2.42. The van der Waals surface area contributed by atoms with Gasteiger partial charge in [0.2, 0.25) is 23.6 Å². The maximum absolute atomic E-state index is 14.0. The number of esters is 3. The van der Waals surface area contributed by atoms with E-state index in [1.54, 1.807) is 69.2 Å². The van der Waals surface area contributed by atoms with Crippen LogP contribution >= 0.6 is 0 Å². The minimum atomic E-state index is -2.52. The summed E-state index contributed by atoms with van der Waals surface area (Å²) in [6.07, 6.45) is -1.22. The number of aliphatic carboxylic acids is 1. The number of nitrogens with zero attached hydrogens (tertiary/aromatic N) is 2. The number of amides is 6. The number of carboxylic acids is 1. The highest BCUT2D eigenvalue weighted by Gasteiger charge is 2.48. The van der Waals surface area contributed by atoms with Crippen LogP contribution in [0, 0.1) is 47.3 Å². The van der Waals surface area contributed by atoms with Crippen LogP contribution in [0.15, 0.2) is 60.7 Å². The smallest absolute Gasteiger partial charge is 0.407 e. The van der Waals surface area contributed by atoms with E-state index in [2.05, 4.69) is 89.0 Å². The van der Waals surface area contributed by atoms with E-state index in [4.69, 9.17) is 32.5 Å². The van der Waals surface area contributed by atoms with Crippen LogP contribution in [-0.4, -0.2) is 193 Å².